The molecule has 16 heavy (non-hydrogen) atoms. The Balaban J connectivity index is 2.78. The van der Waals surface area contributed by atoms with Crippen molar-refractivity contribution in [3.63, 3.8) is 0 Å². The second-order valence-corrected chi connectivity index (χ2v) is 2.97. The first-order chi connectivity index (χ1) is 7.69. The number of anilines is 1. The Hall–Kier alpha value is -2.35. The second kappa shape index (κ2) is 5.51. The van der Waals surface area contributed by atoms with E-state index in [4.69, 9.17) is 5.26 Å². The second-order valence-electron chi connectivity index (χ2n) is 2.97. The zero-order valence-electron chi connectivity index (χ0n) is 8.78. The number of hydrogen-bond acceptors (Lipinski definition) is 3. The van der Waals surface area contributed by atoms with Crippen molar-refractivity contribution in [2.45, 2.75) is 6.92 Å². The lowest BCUT2D eigenvalue weighted by Gasteiger charge is -2.05. The molecule has 0 aliphatic carbocycles. The summed E-state index contributed by atoms with van der Waals surface area (Å²) in [4.78, 5) is 22.5. The summed E-state index contributed by atoms with van der Waals surface area (Å²) in [6.45, 7) is 2.10. The van der Waals surface area contributed by atoms with Crippen LogP contribution in [0.3, 0.4) is 0 Å². The summed E-state index contributed by atoms with van der Waals surface area (Å²) in [5, 5.41) is 13.5. The quantitative estimate of drug-likeness (QED) is 0.713. The van der Waals surface area contributed by atoms with Gasteiger partial charge in [-0.15, -0.1) is 0 Å². The maximum absolute atomic E-state index is 11.3. The lowest BCUT2D eigenvalue weighted by molar-refractivity contribution is -0.136. The fourth-order valence-corrected chi connectivity index (χ4v) is 1.11. The van der Waals surface area contributed by atoms with E-state index in [9.17, 15) is 9.59 Å². The Morgan fingerprint density at radius 3 is 2.62 bits per heavy atom. The van der Waals surface area contributed by atoms with Crippen molar-refractivity contribution in [2.75, 3.05) is 11.9 Å². The van der Waals surface area contributed by atoms with Crippen molar-refractivity contribution in [2.24, 2.45) is 0 Å². The average molecular weight is 217 g/mol. The molecule has 2 amide bonds. The molecule has 5 nitrogen and oxygen atoms in total. The Labute approximate surface area is 93.1 Å². The van der Waals surface area contributed by atoms with Crippen LogP contribution in [0.25, 0.3) is 0 Å². The van der Waals surface area contributed by atoms with Crippen molar-refractivity contribution >= 4 is 17.5 Å². The van der Waals surface area contributed by atoms with Gasteiger partial charge in [-0.05, 0) is 19.1 Å². The predicted molar refractivity (Wildman–Crippen MR) is 58.5 cm³/mol. The number of nitriles is 1. The number of para-hydroxylation sites is 1. The van der Waals surface area contributed by atoms with Gasteiger partial charge in [0.2, 0.25) is 0 Å². The number of likely N-dealkylation sites (N-methyl/N-ethyl adjacent to an activating group) is 1. The Kier molecular flexibility index (Phi) is 4.04. The van der Waals surface area contributed by atoms with Crippen molar-refractivity contribution in [3.8, 4) is 6.07 Å². The highest BCUT2D eigenvalue weighted by molar-refractivity contribution is 6.39. The third-order valence-corrected chi connectivity index (χ3v) is 1.84. The topological polar surface area (TPSA) is 82.0 Å². The van der Waals surface area contributed by atoms with E-state index in [1.807, 2.05) is 6.07 Å². The van der Waals surface area contributed by atoms with E-state index >= 15 is 0 Å². The van der Waals surface area contributed by atoms with Gasteiger partial charge >= 0.3 is 11.8 Å². The van der Waals surface area contributed by atoms with Crippen LogP contribution in [0.15, 0.2) is 24.3 Å². The van der Waals surface area contributed by atoms with E-state index in [0.717, 1.165) is 0 Å². The van der Waals surface area contributed by atoms with Gasteiger partial charge < -0.3 is 10.6 Å². The minimum atomic E-state index is -0.774. The highest BCUT2D eigenvalue weighted by Crippen LogP contribution is 2.12. The molecular weight excluding hydrogens is 206 g/mol. The molecule has 0 atom stereocenters. The van der Waals surface area contributed by atoms with E-state index in [1.54, 1.807) is 31.2 Å². The number of rotatable bonds is 2. The lowest BCUT2D eigenvalue weighted by atomic mass is 10.2. The van der Waals surface area contributed by atoms with E-state index in [1.165, 1.54) is 0 Å². The van der Waals surface area contributed by atoms with Crippen molar-refractivity contribution in [1.82, 2.24) is 5.32 Å². The first-order valence-electron chi connectivity index (χ1n) is 4.77. The zero-order valence-corrected chi connectivity index (χ0v) is 8.78. The Morgan fingerprint density at radius 1 is 1.31 bits per heavy atom. The predicted octanol–water partition coefficient (Wildman–Crippen LogP) is 0.633. The first kappa shape index (κ1) is 11.7. The molecule has 0 aliphatic rings. The summed E-state index contributed by atoms with van der Waals surface area (Å²) in [6.07, 6.45) is 0. The monoisotopic (exact) mass is 217 g/mol. The summed E-state index contributed by atoms with van der Waals surface area (Å²) in [7, 11) is 0. The van der Waals surface area contributed by atoms with Gasteiger partial charge in [-0.2, -0.15) is 5.26 Å². The number of nitrogens with zero attached hydrogens (tertiary/aromatic N) is 1. The van der Waals surface area contributed by atoms with Crippen molar-refractivity contribution in [3.05, 3.63) is 29.8 Å². The third kappa shape index (κ3) is 2.82. The summed E-state index contributed by atoms with van der Waals surface area (Å²) < 4.78 is 0. The highest BCUT2D eigenvalue weighted by Gasteiger charge is 2.13. The van der Waals surface area contributed by atoms with Gasteiger partial charge in [0, 0.05) is 6.54 Å². The van der Waals surface area contributed by atoms with Gasteiger partial charge in [0.25, 0.3) is 0 Å². The number of hydrogen-bond donors (Lipinski definition) is 2. The van der Waals surface area contributed by atoms with Gasteiger partial charge in [-0.25, -0.2) is 0 Å². The molecule has 0 saturated heterocycles. The largest absolute Gasteiger partial charge is 0.348 e. The molecule has 5 heteroatoms. The summed E-state index contributed by atoms with van der Waals surface area (Å²) in [5.41, 5.74) is 0.654. The summed E-state index contributed by atoms with van der Waals surface area (Å²) >= 11 is 0. The van der Waals surface area contributed by atoms with Crippen molar-refractivity contribution in [1.29, 1.82) is 5.26 Å². The molecule has 1 aromatic carbocycles. The standard InChI is InChI=1S/C11H11N3O2/c1-2-13-10(15)11(16)14-9-6-4-3-5-8(9)7-12/h3-6H,2H2,1H3,(H,13,15)(H,14,16). The Bertz CT molecular complexity index is 449. The molecule has 0 bridgehead atoms. The minimum absolute atomic E-state index is 0.320. The molecule has 2 N–H and O–H groups in total. The van der Waals surface area contributed by atoms with E-state index in [-0.39, 0.29) is 0 Å². The van der Waals surface area contributed by atoms with Crippen LogP contribution in [0.1, 0.15) is 12.5 Å². The summed E-state index contributed by atoms with van der Waals surface area (Å²) in [6, 6.07) is 8.41. The summed E-state index contributed by atoms with van der Waals surface area (Å²) in [5.74, 6) is -1.49. The van der Waals surface area contributed by atoms with Crippen LogP contribution in [0.2, 0.25) is 0 Å². The lowest BCUT2D eigenvalue weighted by Crippen LogP contribution is -2.35. The van der Waals surface area contributed by atoms with Gasteiger partial charge in [-0.1, -0.05) is 12.1 Å². The molecule has 0 heterocycles. The smallest absolute Gasteiger partial charge is 0.313 e. The number of nitrogens with one attached hydrogen (secondary N) is 2. The molecule has 82 valence electrons. The highest BCUT2D eigenvalue weighted by atomic mass is 16.2. The normalized spacial score (nSPS) is 9.00. The molecule has 0 aliphatic heterocycles. The Morgan fingerprint density at radius 2 is 2.00 bits per heavy atom. The SMILES string of the molecule is CCNC(=O)C(=O)Nc1ccccc1C#N. The van der Waals surface area contributed by atoms with Crippen molar-refractivity contribution < 1.29 is 9.59 Å². The van der Waals surface area contributed by atoms with Crippen LogP contribution in [-0.2, 0) is 9.59 Å². The number of amides is 2. The molecule has 0 radical (unpaired) electrons. The molecule has 1 rings (SSSR count). The molecule has 0 unspecified atom stereocenters. The average Bonchev–Trinajstić information content (AvgIpc) is 2.30. The van der Waals surface area contributed by atoms with Gasteiger partial charge in [0.15, 0.2) is 0 Å². The molecule has 0 aromatic heterocycles. The van der Waals surface area contributed by atoms with E-state index < -0.39 is 11.8 Å². The van der Waals surface area contributed by atoms with Gasteiger partial charge in [0.05, 0.1) is 11.3 Å². The van der Waals surface area contributed by atoms with Gasteiger partial charge in [0.1, 0.15) is 6.07 Å². The third-order valence-electron chi connectivity index (χ3n) is 1.84. The van der Waals surface area contributed by atoms with Crippen LogP contribution in [0.4, 0.5) is 5.69 Å². The fourth-order valence-electron chi connectivity index (χ4n) is 1.11. The molecule has 0 saturated carbocycles. The number of benzene rings is 1. The van der Waals surface area contributed by atoms with Crippen LogP contribution in [0.5, 0.6) is 0 Å². The number of carbonyl (C=O) groups excluding carboxylic acids is 2. The fraction of sp³-hybridized carbons (Fsp3) is 0.182. The molecule has 0 fully saturated rings. The van der Waals surface area contributed by atoms with Crippen LogP contribution < -0.4 is 10.6 Å². The molecular formula is C11H11N3O2. The maximum atomic E-state index is 11.3. The van der Waals surface area contributed by atoms with Crippen LogP contribution in [0, 0.1) is 11.3 Å². The molecule has 1 aromatic rings. The maximum Gasteiger partial charge on any atom is 0.313 e. The molecule has 0 spiro atoms. The van der Waals surface area contributed by atoms with Crippen LogP contribution in [-0.4, -0.2) is 18.4 Å². The number of carbonyl (C=O) groups is 2. The van der Waals surface area contributed by atoms with E-state index in [0.29, 0.717) is 17.8 Å². The minimum Gasteiger partial charge on any atom is -0.348 e. The zero-order chi connectivity index (χ0) is 12.0. The van der Waals surface area contributed by atoms with Gasteiger partial charge in [-0.3, -0.25) is 9.59 Å². The van der Waals surface area contributed by atoms with Crippen LogP contribution >= 0.6 is 0 Å². The first-order valence-corrected chi connectivity index (χ1v) is 4.77. The van der Waals surface area contributed by atoms with E-state index in [2.05, 4.69) is 10.6 Å².